The van der Waals surface area contributed by atoms with E-state index in [-0.39, 0.29) is 5.78 Å². The fraction of sp³-hybridized carbons (Fsp3) is 0.353. The lowest BCUT2D eigenvalue weighted by molar-refractivity contribution is 0.102. The molecule has 0 atom stereocenters. The maximum Gasteiger partial charge on any atom is 0.200 e. The lowest BCUT2D eigenvalue weighted by Crippen LogP contribution is -2.10. The summed E-state index contributed by atoms with van der Waals surface area (Å²) in [4.78, 5) is 12.8. The van der Waals surface area contributed by atoms with Crippen LogP contribution in [0.5, 0.6) is 5.75 Å². The quantitative estimate of drug-likeness (QED) is 0.603. The van der Waals surface area contributed by atoms with E-state index in [9.17, 15) is 4.79 Å². The molecule has 1 heterocycles. The Morgan fingerprint density at radius 2 is 1.81 bits per heavy atom. The van der Waals surface area contributed by atoms with Gasteiger partial charge in [0.15, 0.2) is 0 Å². The number of rotatable bonds is 6. The zero-order valence-corrected chi connectivity index (χ0v) is 12.9. The van der Waals surface area contributed by atoms with Gasteiger partial charge in [-0.1, -0.05) is 12.1 Å². The number of para-hydroxylation sites is 1. The van der Waals surface area contributed by atoms with Crippen molar-refractivity contribution in [2.45, 2.75) is 20.8 Å². The lowest BCUT2D eigenvalue weighted by Gasteiger charge is -2.10. The number of benzene rings is 1. The van der Waals surface area contributed by atoms with Gasteiger partial charge in [-0.15, -0.1) is 0 Å². The van der Waals surface area contributed by atoms with E-state index in [4.69, 9.17) is 13.9 Å². The zero-order chi connectivity index (χ0) is 15.4. The van der Waals surface area contributed by atoms with Crippen LogP contribution in [0, 0.1) is 20.8 Å². The highest BCUT2D eigenvalue weighted by Crippen LogP contribution is 2.27. The molecule has 0 aliphatic carbocycles. The molecule has 0 spiro atoms. The second kappa shape index (κ2) is 6.59. The highest BCUT2D eigenvalue weighted by molar-refractivity contribution is 6.12. The number of furan rings is 1. The van der Waals surface area contributed by atoms with Gasteiger partial charge in [0.1, 0.15) is 23.9 Å². The van der Waals surface area contributed by atoms with Crippen molar-refractivity contribution < 1.29 is 18.7 Å². The SMILES string of the molecule is COCCOc1ccccc1C(=O)c1c(C)oc(C)c1C. The second-order valence-electron chi connectivity index (χ2n) is 4.88. The maximum absolute atomic E-state index is 12.8. The van der Waals surface area contributed by atoms with Crippen molar-refractivity contribution in [3.8, 4) is 5.75 Å². The Morgan fingerprint density at radius 1 is 1.10 bits per heavy atom. The molecule has 2 rings (SSSR count). The van der Waals surface area contributed by atoms with Gasteiger partial charge in [-0.3, -0.25) is 4.79 Å². The molecule has 4 nitrogen and oxygen atoms in total. The highest BCUT2D eigenvalue weighted by atomic mass is 16.5. The Bertz CT molecular complexity index is 640. The van der Waals surface area contributed by atoms with Crippen LogP contribution in [0.4, 0.5) is 0 Å². The molecule has 1 aromatic heterocycles. The van der Waals surface area contributed by atoms with Gasteiger partial charge in [-0.05, 0) is 32.9 Å². The van der Waals surface area contributed by atoms with Gasteiger partial charge in [0.05, 0.1) is 17.7 Å². The number of carbonyl (C=O) groups is 1. The first-order valence-corrected chi connectivity index (χ1v) is 6.88. The summed E-state index contributed by atoms with van der Waals surface area (Å²) in [6, 6.07) is 7.24. The molecule has 0 aliphatic heterocycles. The van der Waals surface area contributed by atoms with Crippen LogP contribution in [0.1, 0.15) is 33.0 Å². The third kappa shape index (κ3) is 3.16. The Kier molecular flexibility index (Phi) is 4.81. The van der Waals surface area contributed by atoms with Crippen LogP contribution >= 0.6 is 0 Å². The molecule has 2 aromatic rings. The molecule has 0 saturated heterocycles. The van der Waals surface area contributed by atoms with Gasteiger partial charge in [-0.2, -0.15) is 0 Å². The summed E-state index contributed by atoms with van der Waals surface area (Å²) >= 11 is 0. The molecule has 4 heteroatoms. The average molecular weight is 288 g/mol. The van der Waals surface area contributed by atoms with Crippen LogP contribution in [0.2, 0.25) is 0 Å². The summed E-state index contributed by atoms with van der Waals surface area (Å²) in [7, 11) is 1.61. The van der Waals surface area contributed by atoms with Crippen molar-refractivity contribution >= 4 is 5.78 Å². The normalized spacial score (nSPS) is 10.7. The first kappa shape index (κ1) is 15.3. The summed E-state index contributed by atoms with van der Waals surface area (Å²) in [5.74, 6) is 1.90. The lowest BCUT2D eigenvalue weighted by atomic mass is 9.99. The van der Waals surface area contributed by atoms with Crippen molar-refractivity contribution in [2.24, 2.45) is 0 Å². The van der Waals surface area contributed by atoms with Crippen molar-refractivity contribution in [2.75, 3.05) is 20.3 Å². The Hall–Kier alpha value is -2.07. The fourth-order valence-corrected chi connectivity index (χ4v) is 2.28. The number of ketones is 1. The van der Waals surface area contributed by atoms with E-state index in [0.717, 1.165) is 11.3 Å². The van der Waals surface area contributed by atoms with E-state index in [1.54, 1.807) is 19.2 Å². The molecule has 0 bridgehead atoms. The van der Waals surface area contributed by atoms with E-state index in [0.29, 0.717) is 35.9 Å². The number of hydrogen-bond donors (Lipinski definition) is 0. The standard InChI is InChI=1S/C17H20O4/c1-11-12(2)21-13(3)16(11)17(18)14-7-5-6-8-15(14)20-10-9-19-4/h5-8H,9-10H2,1-4H3. The molecule has 0 saturated carbocycles. The van der Waals surface area contributed by atoms with Gasteiger partial charge in [-0.25, -0.2) is 0 Å². The van der Waals surface area contributed by atoms with E-state index in [1.807, 2.05) is 32.9 Å². The Balaban J connectivity index is 2.35. The van der Waals surface area contributed by atoms with Gasteiger partial charge in [0.2, 0.25) is 5.78 Å². The molecule has 112 valence electrons. The van der Waals surface area contributed by atoms with Crippen LogP contribution in [-0.2, 0) is 4.74 Å². The van der Waals surface area contributed by atoms with Gasteiger partial charge in [0, 0.05) is 12.7 Å². The summed E-state index contributed by atoms with van der Waals surface area (Å²) in [6.45, 7) is 6.45. The molecule has 0 aliphatic rings. The average Bonchev–Trinajstić information content (AvgIpc) is 2.72. The largest absolute Gasteiger partial charge is 0.490 e. The molecular formula is C17H20O4. The summed E-state index contributed by atoms with van der Waals surface area (Å²) in [5.41, 5.74) is 2.04. The van der Waals surface area contributed by atoms with Gasteiger partial charge < -0.3 is 13.9 Å². The van der Waals surface area contributed by atoms with Crippen LogP contribution in [0.3, 0.4) is 0 Å². The zero-order valence-electron chi connectivity index (χ0n) is 12.9. The van der Waals surface area contributed by atoms with Crippen molar-refractivity contribution in [1.82, 2.24) is 0 Å². The number of aryl methyl sites for hydroxylation is 2. The first-order chi connectivity index (χ1) is 10.1. The topological polar surface area (TPSA) is 48.7 Å². The van der Waals surface area contributed by atoms with Crippen molar-refractivity contribution in [3.05, 3.63) is 52.5 Å². The molecule has 1 aromatic carbocycles. The predicted octanol–water partition coefficient (Wildman–Crippen LogP) is 3.46. The molecule has 0 fully saturated rings. The summed E-state index contributed by atoms with van der Waals surface area (Å²) < 4.78 is 16.1. The fourth-order valence-electron chi connectivity index (χ4n) is 2.28. The van der Waals surface area contributed by atoms with E-state index >= 15 is 0 Å². The molecule has 0 unspecified atom stereocenters. The van der Waals surface area contributed by atoms with Crippen molar-refractivity contribution in [1.29, 1.82) is 0 Å². The van der Waals surface area contributed by atoms with Crippen LogP contribution < -0.4 is 4.74 Å². The third-order valence-electron chi connectivity index (χ3n) is 3.47. The maximum atomic E-state index is 12.8. The van der Waals surface area contributed by atoms with Crippen LogP contribution in [0.15, 0.2) is 28.7 Å². The predicted molar refractivity (Wildman–Crippen MR) is 80.2 cm³/mol. The number of methoxy groups -OCH3 is 1. The van der Waals surface area contributed by atoms with E-state index in [1.165, 1.54) is 0 Å². The first-order valence-electron chi connectivity index (χ1n) is 6.88. The van der Waals surface area contributed by atoms with Gasteiger partial charge >= 0.3 is 0 Å². The van der Waals surface area contributed by atoms with Crippen LogP contribution in [0.25, 0.3) is 0 Å². The molecule has 0 radical (unpaired) electrons. The summed E-state index contributed by atoms with van der Waals surface area (Å²) in [6.07, 6.45) is 0. The Labute approximate surface area is 124 Å². The van der Waals surface area contributed by atoms with E-state index < -0.39 is 0 Å². The molecule has 0 N–H and O–H groups in total. The molecular weight excluding hydrogens is 268 g/mol. The minimum absolute atomic E-state index is 0.0742. The minimum atomic E-state index is -0.0742. The molecule has 21 heavy (non-hydrogen) atoms. The van der Waals surface area contributed by atoms with Gasteiger partial charge in [0.25, 0.3) is 0 Å². The Morgan fingerprint density at radius 3 is 2.43 bits per heavy atom. The smallest absolute Gasteiger partial charge is 0.200 e. The molecule has 0 amide bonds. The number of carbonyl (C=O) groups excluding carboxylic acids is 1. The highest BCUT2D eigenvalue weighted by Gasteiger charge is 2.22. The third-order valence-corrected chi connectivity index (χ3v) is 3.47. The monoisotopic (exact) mass is 288 g/mol. The number of hydrogen-bond acceptors (Lipinski definition) is 4. The summed E-state index contributed by atoms with van der Waals surface area (Å²) in [5, 5.41) is 0. The van der Waals surface area contributed by atoms with E-state index in [2.05, 4.69) is 0 Å². The minimum Gasteiger partial charge on any atom is -0.490 e. The van der Waals surface area contributed by atoms with Crippen molar-refractivity contribution in [3.63, 3.8) is 0 Å². The number of ether oxygens (including phenoxy) is 2. The van der Waals surface area contributed by atoms with Crippen LogP contribution in [-0.4, -0.2) is 26.1 Å². The second-order valence-corrected chi connectivity index (χ2v) is 4.88.